The van der Waals surface area contributed by atoms with Crippen LogP contribution < -0.4 is 15.4 Å². The molecule has 1 aliphatic rings. The molecule has 0 bridgehead atoms. The summed E-state index contributed by atoms with van der Waals surface area (Å²) in [5.41, 5.74) is 6.34. The Morgan fingerprint density at radius 1 is 1.20 bits per heavy atom. The van der Waals surface area contributed by atoms with E-state index in [0.29, 0.717) is 23.5 Å². The standard InChI is InChI=1S/C19H20N2O4/c1-3-25-18(23)19(20)15-11-14(24-2)9-10-16(15)21(17(19)22)12-13-7-5-4-6-8-13/h4-11H,3,12,20H2,1-2H3. The van der Waals surface area contributed by atoms with Crippen LogP contribution in [0.1, 0.15) is 18.1 Å². The molecule has 0 saturated heterocycles. The fourth-order valence-electron chi connectivity index (χ4n) is 3.00. The molecule has 25 heavy (non-hydrogen) atoms. The van der Waals surface area contributed by atoms with Crippen molar-refractivity contribution in [2.45, 2.75) is 19.0 Å². The lowest BCUT2D eigenvalue weighted by molar-refractivity contribution is -0.153. The molecule has 6 heteroatoms. The Kier molecular flexibility index (Phi) is 4.46. The number of esters is 1. The number of carbonyl (C=O) groups is 2. The molecule has 2 aromatic carbocycles. The van der Waals surface area contributed by atoms with E-state index < -0.39 is 17.4 Å². The minimum absolute atomic E-state index is 0.142. The quantitative estimate of drug-likeness (QED) is 0.665. The molecule has 0 spiro atoms. The smallest absolute Gasteiger partial charge is 0.340 e. The third-order valence-corrected chi connectivity index (χ3v) is 4.28. The summed E-state index contributed by atoms with van der Waals surface area (Å²) in [5, 5.41) is 0. The average molecular weight is 340 g/mol. The second kappa shape index (κ2) is 6.57. The van der Waals surface area contributed by atoms with Gasteiger partial charge in [-0.1, -0.05) is 30.3 Å². The molecule has 1 unspecified atom stereocenters. The monoisotopic (exact) mass is 340 g/mol. The summed E-state index contributed by atoms with van der Waals surface area (Å²) in [6, 6.07) is 14.6. The minimum atomic E-state index is -1.87. The second-order valence-electron chi connectivity index (χ2n) is 5.79. The van der Waals surface area contributed by atoms with Crippen molar-refractivity contribution in [3.05, 3.63) is 59.7 Å². The van der Waals surface area contributed by atoms with Gasteiger partial charge in [0.1, 0.15) is 5.75 Å². The van der Waals surface area contributed by atoms with E-state index in [2.05, 4.69) is 0 Å². The average Bonchev–Trinajstić information content (AvgIpc) is 2.85. The molecular weight excluding hydrogens is 320 g/mol. The summed E-state index contributed by atoms with van der Waals surface area (Å²) >= 11 is 0. The van der Waals surface area contributed by atoms with Crippen LogP contribution in [0.4, 0.5) is 5.69 Å². The highest BCUT2D eigenvalue weighted by atomic mass is 16.5. The van der Waals surface area contributed by atoms with Gasteiger partial charge in [-0.3, -0.25) is 4.79 Å². The van der Waals surface area contributed by atoms with Gasteiger partial charge in [0.25, 0.3) is 5.91 Å². The number of ether oxygens (including phenoxy) is 2. The third-order valence-electron chi connectivity index (χ3n) is 4.28. The van der Waals surface area contributed by atoms with E-state index >= 15 is 0 Å². The van der Waals surface area contributed by atoms with Gasteiger partial charge in [-0.15, -0.1) is 0 Å². The number of benzene rings is 2. The van der Waals surface area contributed by atoms with Crippen LogP contribution in [0, 0.1) is 0 Å². The normalized spacial score (nSPS) is 18.8. The second-order valence-corrected chi connectivity index (χ2v) is 5.79. The maximum absolute atomic E-state index is 13.1. The van der Waals surface area contributed by atoms with Crippen LogP contribution in [0.15, 0.2) is 48.5 Å². The van der Waals surface area contributed by atoms with Crippen LogP contribution in [0.3, 0.4) is 0 Å². The molecule has 0 aromatic heterocycles. The number of nitrogens with two attached hydrogens (primary N) is 1. The number of hydrogen-bond acceptors (Lipinski definition) is 5. The van der Waals surface area contributed by atoms with Crippen LogP contribution in [0.25, 0.3) is 0 Å². The molecule has 0 saturated carbocycles. The Morgan fingerprint density at radius 2 is 1.92 bits per heavy atom. The van der Waals surface area contributed by atoms with E-state index in [1.165, 1.54) is 12.0 Å². The van der Waals surface area contributed by atoms with E-state index in [0.717, 1.165) is 5.56 Å². The predicted molar refractivity (Wildman–Crippen MR) is 93.1 cm³/mol. The van der Waals surface area contributed by atoms with Crippen LogP contribution >= 0.6 is 0 Å². The molecule has 6 nitrogen and oxygen atoms in total. The van der Waals surface area contributed by atoms with Crippen LogP contribution in [0.5, 0.6) is 5.75 Å². The number of anilines is 1. The molecule has 0 aliphatic carbocycles. The molecule has 130 valence electrons. The molecule has 1 aliphatic heterocycles. The highest BCUT2D eigenvalue weighted by molar-refractivity contribution is 6.19. The van der Waals surface area contributed by atoms with Crippen LogP contribution in [-0.2, 0) is 26.4 Å². The third kappa shape index (κ3) is 2.74. The Balaban J connectivity index is 2.08. The lowest BCUT2D eigenvalue weighted by atomic mass is 9.92. The summed E-state index contributed by atoms with van der Waals surface area (Å²) in [6.45, 7) is 2.13. The van der Waals surface area contributed by atoms with Crippen molar-refractivity contribution in [1.29, 1.82) is 0 Å². The number of hydrogen-bond donors (Lipinski definition) is 1. The predicted octanol–water partition coefficient (Wildman–Crippen LogP) is 1.96. The largest absolute Gasteiger partial charge is 0.497 e. The van der Waals surface area contributed by atoms with Gasteiger partial charge < -0.3 is 20.1 Å². The van der Waals surface area contributed by atoms with Crippen molar-refractivity contribution >= 4 is 17.6 Å². The Bertz CT molecular complexity index is 806. The minimum Gasteiger partial charge on any atom is -0.497 e. The van der Waals surface area contributed by atoms with Crippen molar-refractivity contribution in [3.8, 4) is 5.75 Å². The van der Waals surface area contributed by atoms with Gasteiger partial charge in [-0.25, -0.2) is 4.79 Å². The number of amides is 1. The molecule has 0 radical (unpaired) electrons. The zero-order valence-electron chi connectivity index (χ0n) is 14.2. The number of methoxy groups -OCH3 is 1. The van der Waals surface area contributed by atoms with E-state index in [1.54, 1.807) is 25.1 Å². The van der Waals surface area contributed by atoms with Crippen molar-refractivity contribution in [1.82, 2.24) is 0 Å². The maximum atomic E-state index is 13.1. The summed E-state index contributed by atoms with van der Waals surface area (Å²) in [4.78, 5) is 27.1. The van der Waals surface area contributed by atoms with Crippen molar-refractivity contribution in [2.75, 3.05) is 18.6 Å². The summed E-state index contributed by atoms with van der Waals surface area (Å²) in [7, 11) is 1.52. The molecule has 1 heterocycles. The SMILES string of the molecule is CCOC(=O)C1(N)C(=O)N(Cc2ccccc2)c2ccc(OC)cc21. The number of fused-ring (bicyclic) bond motifs is 1. The van der Waals surface area contributed by atoms with Crippen molar-refractivity contribution in [3.63, 3.8) is 0 Å². The van der Waals surface area contributed by atoms with Gasteiger partial charge in [-0.05, 0) is 30.7 Å². The first kappa shape index (κ1) is 17.0. The van der Waals surface area contributed by atoms with Gasteiger partial charge in [0.05, 0.1) is 25.9 Å². The van der Waals surface area contributed by atoms with Gasteiger partial charge in [0.15, 0.2) is 0 Å². The lowest BCUT2D eigenvalue weighted by Crippen LogP contribution is -2.53. The Morgan fingerprint density at radius 3 is 2.56 bits per heavy atom. The molecule has 3 rings (SSSR count). The van der Waals surface area contributed by atoms with E-state index in [-0.39, 0.29) is 6.61 Å². The zero-order chi connectivity index (χ0) is 18.0. The molecule has 1 amide bonds. The van der Waals surface area contributed by atoms with Crippen LogP contribution in [-0.4, -0.2) is 25.6 Å². The van der Waals surface area contributed by atoms with E-state index in [1.807, 2.05) is 30.3 Å². The Labute approximate surface area is 146 Å². The van der Waals surface area contributed by atoms with Crippen molar-refractivity contribution < 1.29 is 19.1 Å². The molecule has 0 fully saturated rings. The molecule has 1 atom stereocenters. The first-order valence-corrected chi connectivity index (χ1v) is 8.02. The molecule has 2 N–H and O–H groups in total. The summed E-state index contributed by atoms with van der Waals surface area (Å²) in [5.74, 6) is -0.740. The number of nitrogens with zero attached hydrogens (tertiary/aromatic N) is 1. The fraction of sp³-hybridized carbons (Fsp3) is 0.263. The maximum Gasteiger partial charge on any atom is 0.340 e. The van der Waals surface area contributed by atoms with Crippen molar-refractivity contribution in [2.24, 2.45) is 5.73 Å². The lowest BCUT2D eigenvalue weighted by Gasteiger charge is -2.22. The van der Waals surface area contributed by atoms with Gasteiger partial charge in [-0.2, -0.15) is 0 Å². The number of carbonyl (C=O) groups excluding carboxylic acids is 2. The van der Waals surface area contributed by atoms with E-state index in [9.17, 15) is 9.59 Å². The topological polar surface area (TPSA) is 81.9 Å². The highest BCUT2D eigenvalue weighted by Gasteiger charge is 2.55. The number of rotatable bonds is 5. The van der Waals surface area contributed by atoms with Gasteiger partial charge in [0.2, 0.25) is 5.54 Å². The van der Waals surface area contributed by atoms with Crippen LogP contribution in [0.2, 0.25) is 0 Å². The molecular formula is C19H20N2O4. The summed E-state index contributed by atoms with van der Waals surface area (Å²) in [6.07, 6.45) is 0. The van der Waals surface area contributed by atoms with Gasteiger partial charge in [0, 0.05) is 5.56 Å². The molecule has 2 aromatic rings. The first-order valence-electron chi connectivity index (χ1n) is 8.02. The summed E-state index contributed by atoms with van der Waals surface area (Å²) < 4.78 is 10.3. The first-order chi connectivity index (χ1) is 12.0. The highest BCUT2D eigenvalue weighted by Crippen LogP contribution is 2.42. The van der Waals surface area contributed by atoms with E-state index in [4.69, 9.17) is 15.2 Å². The Hall–Kier alpha value is -2.86. The fourth-order valence-corrected chi connectivity index (χ4v) is 3.00. The zero-order valence-corrected chi connectivity index (χ0v) is 14.2. The van der Waals surface area contributed by atoms with Gasteiger partial charge >= 0.3 is 5.97 Å².